The fourth-order valence-electron chi connectivity index (χ4n) is 1.62. The second-order valence-corrected chi connectivity index (χ2v) is 7.10. The van der Waals surface area contributed by atoms with E-state index in [-0.39, 0.29) is 22.5 Å². The van der Waals surface area contributed by atoms with Crippen LogP contribution in [-0.2, 0) is 20.9 Å². The number of anilines is 1. The van der Waals surface area contributed by atoms with Gasteiger partial charge in [-0.25, -0.2) is 0 Å². The van der Waals surface area contributed by atoms with Crippen molar-refractivity contribution in [3.05, 3.63) is 12.4 Å². The summed E-state index contributed by atoms with van der Waals surface area (Å²) in [6.07, 6.45) is 4.25. The quantitative estimate of drug-likeness (QED) is 0.794. The highest BCUT2D eigenvalue weighted by atomic mass is 32.2. The van der Waals surface area contributed by atoms with Gasteiger partial charge in [-0.2, -0.15) is 5.10 Å². The first-order chi connectivity index (χ1) is 10.2. The van der Waals surface area contributed by atoms with Crippen molar-refractivity contribution in [2.24, 2.45) is 5.92 Å². The maximum absolute atomic E-state index is 12.0. The Labute approximate surface area is 136 Å². The summed E-state index contributed by atoms with van der Waals surface area (Å²) in [5, 5.41) is 7.07. The van der Waals surface area contributed by atoms with E-state index in [0.29, 0.717) is 18.0 Å². The first-order valence-corrected chi connectivity index (χ1v) is 8.24. The molecule has 0 aliphatic heterocycles. The zero-order valence-electron chi connectivity index (χ0n) is 13.9. The summed E-state index contributed by atoms with van der Waals surface area (Å²) in [6.45, 7) is 8.06. The van der Waals surface area contributed by atoms with Crippen molar-refractivity contribution in [3.63, 3.8) is 0 Å². The largest absolute Gasteiger partial charge is 0.379 e. The maximum atomic E-state index is 12.0. The van der Waals surface area contributed by atoms with E-state index < -0.39 is 0 Å². The van der Waals surface area contributed by atoms with Crippen molar-refractivity contribution < 1.29 is 14.3 Å². The fraction of sp³-hybridized carbons (Fsp3) is 0.667. The zero-order chi connectivity index (χ0) is 16.8. The van der Waals surface area contributed by atoms with E-state index in [2.05, 4.69) is 10.4 Å². The molecule has 0 spiro atoms. The maximum Gasteiger partial charge on any atom is 0.228 e. The number of rotatable bonds is 8. The number of aromatic nitrogens is 2. The van der Waals surface area contributed by atoms with Crippen molar-refractivity contribution in [2.45, 2.75) is 46.3 Å². The molecule has 0 aliphatic carbocycles. The summed E-state index contributed by atoms with van der Waals surface area (Å²) in [5.41, 5.74) is 0.466. The van der Waals surface area contributed by atoms with Crippen LogP contribution in [0.3, 0.4) is 0 Å². The number of methoxy groups -OCH3 is 1. The summed E-state index contributed by atoms with van der Waals surface area (Å²) in [6, 6.07) is 0. The van der Waals surface area contributed by atoms with Gasteiger partial charge in [-0.15, -0.1) is 0 Å². The minimum atomic E-state index is -0.232. The smallest absolute Gasteiger partial charge is 0.228 e. The van der Waals surface area contributed by atoms with Gasteiger partial charge >= 0.3 is 0 Å². The highest BCUT2D eigenvalue weighted by Crippen LogP contribution is 2.16. The third-order valence-electron chi connectivity index (χ3n) is 3.38. The van der Waals surface area contributed by atoms with Crippen LogP contribution in [0.15, 0.2) is 12.4 Å². The van der Waals surface area contributed by atoms with E-state index in [9.17, 15) is 9.59 Å². The highest BCUT2D eigenvalue weighted by molar-refractivity contribution is 8.13. The van der Waals surface area contributed by atoms with Crippen LogP contribution in [0.4, 0.5) is 5.69 Å². The van der Waals surface area contributed by atoms with Gasteiger partial charge in [0.2, 0.25) is 5.91 Å². The molecule has 1 aromatic rings. The molecule has 0 fully saturated rings. The molecular weight excluding hydrogens is 302 g/mol. The fourth-order valence-corrected chi connectivity index (χ4v) is 2.26. The monoisotopic (exact) mass is 327 g/mol. The summed E-state index contributed by atoms with van der Waals surface area (Å²) >= 11 is 1.16. The molecule has 1 atom stereocenters. The highest BCUT2D eigenvalue weighted by Gasteiger charge is 2.17. The second-order valence-electron chi connectivity index (χ2n) is 5.90. The van der Waals surface area contributed by atoms with Crippen molar-refractivity contribution in [2.75, 3.05) is 18.2 Å². The van der Waals surface area contributed by atoms with E-state index in [1.807, 2.05) is 13.8 Å². The lowest BCUT2D eigenvalue weighted by Crippen LogP contribution is -2.24. The molecule has 0 aromatic carbocycles. The summed E-state index contributed by atoms with van der Waals surface area (Å²) in [7, 11) is 1.69. The Kier molecular flexibility index (Phi) is 7.09. The van der Waals surface area contributed by atoms with Gasteiger partial charge in [0.1, 0.15) is 0 Å². The molecule has 0 unspecified atom stereocenters. The third kappa shape index (κ3) is 6.62. The molecular formula is C15H25N3O3S. The number of thioether (sulfide) groups is 1. The summed E-state index contributed by atoms with van der Waals surface area (Å²) in [4.78, 5) is 22.9. The Balaban J connectivity index is 2.47. The number of hydrogen-bond acceptors (Lipinski definition) is 5. The van der Waals surface area contributed by atoms with Gasteiger partial charge in [0, 0.05) is 38.4 Å². The molecule has 1 rings (SSSR count). The second kappa shape index (κ2) is 8.33. The van der Waals surface area contributed by atoms with E-state index in [0.717, 1.165) is 18.2 Å². The van der Waals surface area contributed by atoms with Crippen molar-refractivity contribution in [1.82, 2.24) is 9.78 Å². The Morgan fingerprint density at radius 3 is 2.77 bits per heavy atom. The van der Waals surface area contributed by atoms with Crippen LogP contribution in [-0.4, -0.2) is 39.3 Å². The standard InChI is InChI=1S/C15H25N3O3S/c1-11(10-22-12(2)19)14(20)17-13-8-16-18(9-13)7-6-15(3,4)21-5/h8-9,11H,6-7,10H2,1-5H3,(H,17,20)/t11-/m0/s1. The minimum absolute atomic E-state index is 0.0215. The van der Waals surface area contributed by atoms with Gasteiger partial charge in [-0.1, -0.05) is 18.7 Å². The third-order valence-corrected chi connectivity index (χ3v) is 4.45. The lowest BCUT2D eigenvalue weighted by Gasteiger charge is -2.22. The van der Waals surface area contributed by atoms with E-state index in [4.69, 9.17) is 4.74 Å². The van der Waals surface area contributed by atoms with Gasteiger partial charge in [0.25, 0.3) is 0 Å². The number of carbonyl (C=O) groups is 2. The van der Waals surface area contributed by atoms with Crippen LogP contribution in [0.2, 0.25) is 0 Å². The van der Waals surface area contributed by atoms with Crippen LogP contribution < -0.4 is 5.32 Å². The molecule has 0 bridgehead atoms. The van der Waals surface area contributed by atoms with Crippen LogP contribution in [0.5, 0.6) is 0 Å². The Morgan fingerprint density at radius 2 is 2.18 bits per heavy atom. The first kappa shape index (κ1) is 18.7. The molecule has 0 radical (unpaired) electrons. The number of amides is 1. The van der Waals surface area contributed by atoms with Crippen LogP contribution in [0.1, 0.15) is 34.1 Å². The Hall–Kier alpha value is -1.34. The average Bonchev–Trinajstić information content (AvgIpc) is 2.90. The van der Waals surface area contributed by atoms with Gasteiger partial charge in [0.05, 0.1) is 17.5 Å². The predicted octanol–water partition coefficient (Wildman–Crippen LogP) is 2.55. The molecule has 7 heteroatoms. The molecule has 1 aromatic heterocycles. The molecule has 0 saturated carbocycles. The van der Waals surface area contributed by atoms with E-state index >= 15 is 0 Å². The lowest BCUT2D eigenvalue weighted by atomic mass is 10.1. The SMILES string of the molecule is COC(C)(C)CCn1cc(NC(=O)[C@@H](C)CSC(C)=O)cn1. The summed E-state index contributed by atoms with van der Waals surface area (Å²) in [5.74, 6) is 0.146. The molecule has 22 heavy (non-hydrogen) atoms. The van der Waals surface area contributed by atoms with Gasteiger partial charge in [-0.05, 0) is 20.3 Å². The average molecular weight is 327 g/mol. The summed E-state index contributed by atoms with van der Waals surface area (Å²) < 4.78 is 7.15. The normalized spacial score (nSPS) is 13.0. The van der Waals surface area contributed by atoms with Crippen LogP contribution in [0, 0.1) is 5.92 Å². The van der Waals surface area contributed by atoms with Crippen LogP contribution in [0.25, 0.3) is 0 Å². The van der Waals surface area contributed by atoms with Crippen molar-refractivity contribution in [3.8, 4) is 0 Å². The number of carbonyl (C=O) groups excluding carboxylic acids is 2. The van der Waals surface area contributed by atoms with Gasteiger partial charge in [-0.3, -0.25) is 14.3 Å². The van der Waals surface area contributed by atoms with Crippen molar-refractivity contribution >= 4 is 28.5 Å². The molecule has 6 nitrogen and oxygen atoms in total. The van der Waals surface area contributed by atoms with Crippen LogP contribution >= 0.6 is 11.8 Å². The number of aryl methyl sites for hydroxylation is 1. The molecule has 1 amide bonds. The zero-order valence-corrected chi connectivity index (χ0v) is 14.7. The van der Waals surface area contributed by atoms with E-state index in [1.165, 1.54) is 6.92 Å². The Morgan fingerprint density at radius 1 is 1.50 bits per heavy atom. The Bertz CT molecular complexity index is 514. The number of ether oxygens (including phenoxy) is 1. The molecule has 0 saturated heterocycles. The van der Waals surface area contributed by atoms with E-state index in [1.54, 1.807) is 31.1 Å². The lowest BCUT2D eigenvalue weighted by molar-refractivity contribution is -0.118. The van der Waals surface area contributed by atoms with Gasteiger partial charge < -0.3 is 10.1 Å². The number of hydrogen-bond donors (Lipinski definition) is 1. The molecule has 1 N–H and O–H groups in total. The molecule has 124 valence electrons. The number of nitrogens with one attached hydrogen (secondary N) is 1. The molecule has 1 heterocycles. The first-order valence-electron chi connectivity index (χ1n) is 7.25. The topological polar surface area (TPSA) is 73.2 Å². The minimum Gasteiger partial charge on any atom is -0.379 e. The number of nitrogens with zero attached hydrogens (tertiary/aromatic N) is 2. The van der Waals surface area contributed by atoms with Gasteiger partial charge in [0.15, 0.2) is 5.12 Å². The van der Waals surface area contributed by atoms with Crippen molar-refractivity contribution in [1.29, 1.82) is 0 Å². The predicted molar refractivity (Wildman–Crippen MR) is 88.9 cm³/mol. The molecule has 0 aliphatic rings.